The zero-order valence-electron chi connectivity index (χ0n) is 13.2. The van der Waals surface area contributed by atoms with Crippen LogP contribution in [0.1, 0.15) is 43.7 Å². The van der Waals surface area contributed by atoms with Crippen LogP contribution in [-0.2, 0) is 6.42 Å². The maximum atomic E-state index is 2.43. The molecule has 0 heteroatoms. The zero-order valence-corrected chi connectivity index (χ0v) is 13.2. The molecule has 2 aliphatic carbocycles. The van der Waals surface area contributed by atoms with Gasteiger partial charge >= 0.3 is 0 Å². The fourth-order valence-corrected chi connectivity index (χ4v) is 3.52. The molecular formula is C22H22. The normalized spacial score (nSPS) is 19.0. The van der Waals surface area contributed by atoms with Crippen LogP contribution in [0.5, 0.6) is 0 Å². The second kappa shape index (κ2) is 5.61. The van der Waals surface area contributed by atoms with Crippen LogP contribution in [0.15, 0.2) is 65.8 Å². The Labute approximate surface area is 133 Å². The van der Waals surface area contributed by atoms with E-state index >= 15 is 0 Å². The average molecular weight is 286 g/mol. The molecule has 1 saturated carbocycles. The monoisotopic (exact) mass is 286 g/mol. The lowest BCUT2D eigenvalue weighted by Gasteiger charge is -2.12. The third-order valence-corrected chi connectivity index (χ3v) is 5.00. The van der Waals surface area contributed by atoms with Crippen molar-refractivity contribution in [3.8, 4) is 11.1 Å². The van der Waals surface area contributed by atoms with Crippen LogP contribution < -0.4 is 0 Å². The van der Waals surface area contributed by atoms with Gasteiger partial charge in [-0.1, -0.05) is 59.7 Å². The van der Waals surface area contributed by atoms with Crippen LogP contribution in [0, 0.1) is 0 Å². The first-order chi connectivity index (χ1) is 10.8. The van der Waals surface area contributed by atoms with Gasteiger partial charge in [0.2, 0.25) is 0 Å². The second-order valence-electron chi connectivity index (χ2n) is 6.44. The van der Waals surface area contributed by atoms with Crippen molar-refractivity contribution in [3.05, 3.63) is 76.9 Å². The third-order valence-electron chi connectivity index (χ3n) is 5.00. The molecule has 2 aromatic rings. The fraction of sp³-hybridized carbons (Fsp3) is 0.273. The molecule has 0 saturated heterocycles. The highest BCUT2D eigenvalue weighted by atomic mass is 14.3. The van der Waals surface area contributed by atoms with Crippen LogP contribution in [0.4, 0.5) is 0 Å². The summed E-state index contributed by atoms with van der Waals surface area (Å²) in [6.45, 7) is 2.19. The van der Waals surface area contributed by atoms with Gasteiger partial charge in [-0.15, -0.1) is 0 Å². The largest absolute Gasteiger partial charge is 0.0881 e. The van der Waals surface area contributed by atoms with Crippen molar-refractivity contribution >= 4 is 5.57 Å². The highest BCUT2D eigenvalue weighted by Gasteiger charge is 2.23. The third kappa shape index (κ3) is 2.54. The summed E-state index contributed by atoms with van der Waals surface area (Å²) in [6, 6.07) is 17.8. The van der Waals surface area contributed by atoms with Crippen molar-refractivity contribution in [3.63, 3.8) is 0 Å². The minimum absolute atomic E-state index is 1.16. The van der Waals surface area contributed by atoms with E-state index in [2.05, 4.69) is 61.5 Å². The lowest BCUT2D eigenvalue weighted by Crippen LogP contribution is -1.91. The Hall–Kier alpha value is -2.08. The molecule has 0 N–H and O–H groups in total. The van der Waals surface area contributed by atoms with E-state index in [1.807, 2.05) is 0 Å². The molecule has 0 unspecified atom stereocenters. The predicted octanol–water partition coefficient (Wildman–Crippen LogP) is 6.18. The Balaban J connectivity index is 1.84. The van der Waals surface area contributed by atoms with Gasteiger partial charge in [-0.05, 0) is 72.9 Å². The van der Waals surface area contributed by atoms with Gasteiger partial charge in [0.15, 0.2) is 0 Å². The molecule has 0 amide bonds. The molecule has 0 spiro atoms. The molecule has 0 radical (unpaired) electrons. The highest BCUT2D eigenvalue weighted by molar-refractivity contribution is 5.79. The van der Waals surface area contributed by atoms with Crippen LogP contribution >= 0.6 is 0 Å². The molecule has 22 heavy (non-hydrogen) atoms. The summed E-state index contributed by atoms with van der Waals surface area (Å²) >= 11 is 0. The standard InChI is InChI=1S/C22H22/c1-2-16-8-9-18-12-13-20(17-6-4-3-5-7-17)15-22(18)21(14-16)19-10-11-19/h2-7,12-13,15H,8-11,14H2,1H3/b16-2+. The van der Waals surface area contributed by atoms with Crippen molar-refractivity contribution in [2.75, 3.05) is 0 Å². The van der Waals surface area contributed by atoms with Crippen LogP contribution in [-0.4, -0.2) is 0 Å². The molecule has 0 bridgehead atoms. The second-order valence-corrected chi connectivity index (χ2v) is 6.44. The van der Waals surface area contributed by atoms with Crippen LogP contribution in [0.3, 0.4) is 0 Å². The van der Waals surface area contributed by atoms with Crippen molar-refractivity contribution in [1.82, 2.24) is 0 Å². The first-order valence-electron chi connectivity index (χ1n) is 8.39. The number of fused-ring (bicyclic) bond motifs is 1. The lowest BCUT2D eigenvalue weighted by molar-refractivity contribution is 0.932. The number of benzene rings is 2. The Bertz CT molecular complexity index is 754. The predicted molar refractivity (Wildman–Crippen MR) is 94.7 cm³/mol. The van der Waals surface area contributed by atoms with E-state index in [0.717, 1.165) is 6.42 Å². The van der Waals surface area contributed by atoms with Crippen molar-refractivity contribution in [2.24, 2.45) is 0 Å². The molecule has 0 atom stereocenters. The number of hydrogen-bond acceptors (Lipinski definition) is 0. The van der Waals surface area contributed by atoms with Crippen molar-refractivity contribution in [2.45, 2.75) is 39.0 Å². The summed E-state index contributed by atoms with van der Waals surface area (Å²) in [7, 11) is 0. The number of allylic oxidation sites excluding steroid dienone is 4. The van der Waals surface area contributed by atoms with Gasteiger partial charge in [0, 0.05) is 0 Å². The lowest BCUT2D eigenvalue weighted by atomic mass is 9.93. The maximum absolute atomic E-state index is 2.43. The minimum atomic E-state index is 1.16. The Morgan fingerprint density at radius 2 is 1.64 bits per heavy atom. The van der Waals surface area contributed by atoms with Gasteiger partial charge < -0.3 is 0 Å². The molecule has 0 aliphatic heterocycles. The van der Waals surface area contributed by atoms with Gasteiger partial charge in [0.25, 0.3) is 0 Å². The van der Waals surface area contributed by atoms with Crippen LogP contribution in [0.25, 0.3) is 16.7 Å². The quantitative estimate of drug-likeness (QED) is 0.433. The van der Waals surface area contributed by atoms with E-state index in [-0.39, 0.29) is 0 Å². The SMILES string of the molecule is C/C=C1\CCc2ccc(-c3ccccc3)cc2C(=C2CC2)C1. The van der Waals surface area contributed by atoms with Crippen molar-refractivity contribution in [1.29, 1.82) is 0 Å². The van der Waals surface area contributed by atoms with Gasteiger partial charge in [0.05, 0.1) is 0 Å². The minimum Gasteiger partial charge on any atom is -0.0881 e. The molecule has 0 aromatic heterocycles. The van der Waals surface area contributed by atoms with Gasteiger partial charge in [-0.3, -0.25) is 0 Å². The molecule has 0 heterocycles. The molecule has 2 aliphatic rings. The molecular weight excluding hydrogens is 264 g/mol. The van der Waals surface area contributed by atoms with E-state index in [0.29, 0.717) is 0 Å². The molecule has 110 valence electrons. The summed E-state index contributed by atoms with van der Waals surface area (Å²) in [5, 5.41) is 0. The summed E-state index contributed by atoms with van der Waals surface area (Å²) in [5.41, 5.74) is 10.6. The summed E-state index contributed by atoms with van der Waals surface area (Å²) < 4.78 is 0. The first-order valence-corrected chi connectivity index (χ1v) is 8.39. The number of aryl methyl sites for hydroxylation is 1. The topological polar surface area (TPSA) is 0 Å². The van der Waals surface area contributed by atoms with Crippen LogP contribution in [0.2, 0.25) is 0 Å². The zero-order chi connectivity index (χ0) is 14.9. The first kappa shape index (κ1) is 13.6. The Morgan fingerprint density at radius 3 is 2.36 bits per heavy atom. The maximum Gasteiger partial charge on any atom is -0.00615 e. The molecule has 4 rings (SSSR count). The van der Waals surface area contributed by atoms with E-state index < -0.39 is 0 Å². The fourth-order valence-electron chi connectivity index (χ4n) is 3.52. The van der Waals surface area contributed by atoms with Gasteiger partial charge in [-0.2, -0.15) is 0 Å². The molecule has 0 nitrogen and oxygen atoms in total. The smallest absolute Gasteiger partial charge is 0.00615 e. The summed E-state index contributed by atoms with van der Waals surface area (Å²) in [4.78, 5) is 0. The van der Waals surface area contributed by atoms with E-state index in [1.165, 1.54) is 47.9 Å². The van der Waals surface area contributed by atoms with E-state index in [1.54, 1.807) is 16.7 Å². The summed E-state index contributed by atoms with van der Waals surface area (Å²) in [5.74, 6) is 0. The number of hydrogen-bond donors (Lipinski definition) is 0. The van der Waals surface area contributed by atoms with Gasteiger partial charge in [-0.25, -0.2) is 0 Å². The Morgan fingerprint density at radius 1 is 0.818 bits per heavy atom. The molecule has 1 fully saturated rings. The summed E-state index contributed by atoms with van der Waals surface area (Å²) in [6.07, 6.45) is 8.50. The van der Waals surface area contributed by atoms with E-state index in [9.17, 15) is 0 Å². The number of rotatable bonds is 1. The van der Waals surface area contributed by atoms with E-state index in [4.69, 9.17) is 0 Å². The average Bonchev–Trinajstić information content (AvgIpc) is 3.41. The highest BCUT2D eigenvalue weighted by Crippen LogP contribution is 2.44. The van der Waals surface area contributed by atoms with Crippen molar-refractivity contribution < 1.29 is 0 Å². The molecule has 2 aromatic carbocycles. The van der Waals surface area contributed by atoms with Gasteiger partial charge in [0.1, 0.15) is 0 Å². The Kier molecular flexibility index (Phi) is 3.46.